The molecule has 1 aromatic heterocycles. The third kappa shape index (κ3) is 4.24. The van der Waals surface area contributed by atoms with Crippen molar-refractivity contribution in [3.8, 4) is 21.7 Å². The highest BCUT2D eigenvalue weighted by atomic mass is 35.5. The van der Waals surface area contributed by atoms with Crippen LogP contribution in [-0.4, -0.2) is 10.9 Å². The predicted octanol–water partition coefficient (Wildman–Crippen LogP) is 7.00. The lowest BCUT2D eigenvalue weighted by molar-refractivity contribution is 0.102. The Morgan fingerprint density at radius 3 is 2.31 bits per heavy atom. The maximum absolute atomic E-state index is 12.6. The van der Waals surface area contributed by atoms with Crippen molar-refractivity contribution in [1.29, 1.82) is 0 Å². The third-order valence-electron chi connectivity index (χ3n) is 4.77. The van der Waals surface area contributed by atoms with Gasteiger partial charge < -0.3 is 0 Å². The average Bonchev–Trinajstić information content (AvgIpc) is 3.15. The summed E-state index contributed by atoms with van der Waals surface area (Å²) in [6.45, 7) is 4.20. The van der Waals surface area contributed by atoms with Gasteiger partial charge in [0.1, 0.15) is 0 Å². The number of hydrogen-bond acceptors (Lipinski definition) is 3. The van der Waals surface area contributed by atoms with Crippen LogP contribution in [0.3, 0.4) is 0 Å². The molecule has 144 valence electrons. The fraction of sp³-hybridized carbons (Fsp3) is 0.0833. The molecule has 0 atom stereocenters. The SMILES string of the molecule is Cc1ccc(-c2sc(NC(=O)c3ccc(Cl)cc3)nc2-c2ccccc2)cc1C. The van der Waals surface area contributed by atoms with Gasteiger partial charge in [-0.2, -0.15) is 0 Å². The molecule has 0 aliphatic heterocycles. The Morgan fingerprint density at radius 1 is 0.897 bits per heavy atom. The van der Waals surface area contributed by atoms with E-state index < -0.39 is 0 Å². The number of carbonyl (C=O) groups excluding carboxylic acids is 1. The average molecular weight is 419 g/mol. The molecule has 3 nitrogen and oxygen atoms in total. The van der Waals surface area contributed by atoms with Crippen molar-refractivity contribution >= 4 is 34.0 Å². The van der Waals surface area contributed by atoms with E-state index in [4.69, 9.17) is 16.6 Å². The highest BCUT2D eigenvalue weighted by Crippen LogP contribution is 2.39. The molecule has 0 fully saturated rings. The van der Waals surface area contributed by atoms with E-state index in [9.17, 15) is 4.79 Å². The fourth-order valence-electron chi connectivity index (χ4n) is 3.01. The minimum Gasteiger partial charge on any atom is -0.298 e. The standard InChI is InChI=1S/C24H19ClN2OS/c1-15-8-9-19(14-16(15)2)22-21(17-6-4-3-5-7-17)26-24(29-22)27-23(28)18-10-12-20(25)13-11-18/h3-14H,1-2H3,(H,26,27,28). The molecule has 3 aromatic carbocycles. The molecular weight excluding hydrogens is 400 g/mol. The van der Waals surface area contributed by atoms with Gasteiger partial charge in [0.05, 0.1) is 10.6 Å². The fourth-order valence-corrected chi connectivity index (χ4v) is 4.12. The number of benzene rings is 3. The van der Waals surface area contributed by atoms with Crippen LogP contribution in [0.25, 0.3) is 21.7 Å². The van der Waals surface area contributed by atoms with Gasteiger partial charge in [0.15, 0.2) is 5.13 Å². The van der Waals surface area contributed by atoms with E-state index in [1.807, 2.05) is 30.3 Å². The zero-order chi connectivity index (χ0) is 20.4. The molecule has 0 saturated carbocycles. The van der Waals surface area contributed by atoms with Gasteiger partial charge in [-0.1, -0.05) is 71.5 Å². The van der Waals surface area contributed by atoms with E-state index in [-0.39, 0.29) is 5.91 Å². The van der Waals surface area contributed by atoms with Gasteiger partial charge in [0.2, 0.25) is 0 Å². The number of nitrogens with one attached hydrogen (secondary N) is 1. The van der Waals surface area contributed by atoms with Gasteiger partial charge in [-0.15, -0.1) is 0 Å². The molecular formula is C24H19ClN2OS. The lowest BCUT2D eigenvalue weighted by Gasteiger charge is -2.05. The maximum atomic E-state index is 12.6. The van der Waals surface area contributed by atoms with Crippen molar-refractivity contribution in [3.63, 3.8) is 0 Å². The molecule has 1 heterocycles. The Hall–Kier alpha value is -2.95. The topological polar surface area (TPSA) is 42.0 Å². The van der Waals surface area contributed by atoms with Gasteiger partial charge in [0, 0.05) is 16.1 Å². The highest BCUT2D eigenvalue weighted by molar-refractivity contribution is 7.19. The first kappa shape index (κ1) is 19.4. The second-order valence-corrected chi connectivity index (χ2v) is 8.26. The van der Waals surface area contributed by atoms with Crippen molar-refractivity contribution in [1.82, 2.24) is 4.98 Å². The van der Waals surface area contributed by atoms with Crippen LogP contribution in [0.1, 0.15) is 21.5 Å². The van der Waals surface area contributed by atoms with Crippen LogP contribution < -0.4 is 5.32 Å². The van der Waals surface area contributed by atoms with Crippen LogP contribution in [0, 0.1) is 13.8 Å². The first-order chi connectivity index (χ1) is 14.0. The smallest absolute Gasteiger partial charge is 0.257 e. The molecule has 0 unspecified atom stereocenters. The normalized spacial score (nSPS) is 10.7. The van der Waals surface area contributed by atoms with E-state index in [1.54, 1.807) is 24.3 Å². The van der Waals surface area contributed by atoms with E-state index in [1.165, 1.54) is 22.5 Å². The summed E-state index contributed by atoms with van der Waals surface area (Å²) in [5.41, 5.74) is 5.99. The van der Waals surface area contributed by atoms with Crippen LogP contribution in [0.4, 0.5) is 5.13 Å². The van der Waals surface area contributed by atoms with E-state index in [2.05, 4.69) is 37.4 Å². The highest BCUT2D eigenvalue weighted by Gasteiger charge is 2.17. The van der Waals surface area contributed by atoms with Crippen LogP contribution in [0.2, 0.25) is 5.02 Å². The Labute approximate surface area is 179 Å². The van der Waals surface area contributed by atoms with Crippen molar-refractivity contribution in [2.45, 2.75) is 13.8 Å². The number of hydrogen-bond donors (Lipinski definition) is 1. The van der Waals surface area contributed by atoms with E-state index >= 15 is 0 Å². The lowest BCUT2D eigenvalue weighted by atomic mass is 10.0. The summed E-state index contributed by atoms with van der Waals surface area (Å²) in [6.07, 6.45) is 0. The minimum atomic E-state index is -0.207. The Bertz CT molecular complexity index is 1170. The molecule has 1 amide bonds. The molecule has 4 aromatic rings. The predicted molar refractivity (Wildman–Crippen MR) is 122 cm³/mol. The van der Waals surface area contributed by atoms with Gasteiger partial charge in [-0.05, 0) is 54.8 Å². The summed E-state index contributed by atoms with van der Waals surface area (Å²) in [5.74, 6) is -0.207. The minimum absolute atomic E-state index is 0.207. The van der Waals surface area contributed by atoms with Gasteiger partial charge in [0.25, 0.3) is 5.91 Å². The quantitative estimate of drug-likeness (QED) is 0.387. The summed E-state index contributed by atoms with van der Waals surface area (Å²) >= 11 is 7.40. The number of halogens is 1. The molecule has 0 spiro atoms. The number of rotatable bonds is 4. The van der Waals surface area contributed by atoms with Crippen LogP contribution in [0.5, 0.6) is 0 Å². The third-order valence-corrected chi connectivity index (χ3v) is 6.04. The van der Waals surface area contributed by atoms with Gasteiger partial charge in [-0.3, -0.25) is 10.1 Å². The molecule has 1 N–H and O–H groups in total. The molecule has 29 heavy (non-hydrogen) atoms. The Kier molecular flexibility index (Phi) is 5.47. The zero-order valence-electron chi connectivity index (χ0n) is 16.1. The molecule has 0 aliphatic rings. The monoisotopic (exact) mass is 418 g/mol. The van der Waals surface area contributed by atoms with Crippen molar-refractivity contribution in [2.75, 3.05) is 5.32 Å². The van der Waals surface area contributed by atoms with Crippen LogP contribution in [-0.2, 0) is 0 Å². The van der Waals surface area contributed by atoms with E-state index in [0.717, 1.165) is 21.7 Å². The lowest BCUT2D eigenvalue weighted by Crippen LogP contribution is -2.11. The van der Waals surface area contributed by atoms with Crippen LogP contribution in [0.15, 0.2) is 72.8 Å². The largest absolute Gasteiger partial charge is 0.298 e. The number of amides is 1. The van der Waals surface area contributed by atoms with Gasteiger partial charge >= 0.3 is 0 Å². The number of anilines is 1. The molecule has 0 aliphatic carbocycles. The number of aromatic nitrogens is 1. The van der Waals surface area contributed by atoms with Crippen molar-refractivity contribution in [2.24, 2.45) is 0 Å². The molecule has 4 rings (SSSR count). The number of nitrogens with zero attached hydrogens (tertiary/aromatic N) is 1. The number of thiazole rings is 1. The van der Waals surface area contributed by atoms with E-state index in [0.29, 0.717) is 15.7 Å². The molecule has 0 bridgehead atoms. The van der Waals surface area contributed by atoms with Crippen molar-refractivity contribution < 1.29 is 4.79 Å². The molecule has 0 saturated heterocycles. The number of carbonyl (C=O) groups is 1. The Morgan fingerprint density at radius 2 is 1.62 bits per heavy atom. The summed E-state index contributed by atoms with van der Waals surface area (Å²) < 4.78 is 0. The summed E-state index contributed by atoms with van der Waals surface area (Å²) in [6, 6.07) is 23.2. The first-order valence-electron chi connectivity index (χ1n) is 9.22. The van der Waals surface area contributed by atoms with Crippen molar-refractivity contribution in [3.05, 3.63) is 94.5 Å². The Balaban J connectivity index is 1.74. The van der Waals surface area contributed by atoms with Gasteiger partial charge in [-0.25, -0.2) is 4.98 Å². The maximum Gasteiger partial charge on any atom is 0.257 e. The summed E-state index contributed by atoms with van der Waals surface area (Å²) in [5, 5.41) is 4.09. The number of aryl methyl sites for hydroxylation is 2. The summed E-state index contributed by atoms with van der Waals surface area (Å²) in [7, 11) is 0. The second kappa shape index (κ2) is 8.19. The molecule has 5 heteroatoms. The zero-order valence-corrected chi connectivity index (χ0v) is 17.6. The molecule has 0 radical (unpaired) electrons. The van der Waals surface area contributed by atoms with Crippen LogP contribution >= 0.6 is 22.9 Å². The summed E-state index contributed by atoms with van der Waals surface area (Å²) in [4.78, 5) is 18.4. The first-order valence-corrected chi connectivity index (χ1v) is 10.4. The second-order valence-electron chi connectivity index (χ2n) is 6.82.